The summed E-state index contributed by atoms with van der Waals surface area (Å²) in [6.45, 7) is 4.13. The van der Waals surface area contributed by atoms with Gasteiger partial charge in [-0.15, -0.1) is 0 Å². The largest absolute Gasteiger partial charge is 0.336 e. The Morgan fingerprint density at radius 1 is 0.926 bits per heavy atom. The second-order valence-electron chi connectivity index (χ2n) is 6.55. The monoisotopic (exact) mass is 366 g/mol. The third kappa shape index (κ3) is 4.82. The molecule has 0 atom stereocenters. The Labute approximate surface area is 158 Å². The molecule has 0 aromatic heterocycles. The first-order chi connectivity index (χ1) is 13.1. The predicted molar refractivity (Wildman–Crippen MR) is 104 cm³/mol. The molecule has 0 radical (unpaired) electrons. The highest BCUT2D eigenvalue weighted by molar-refractivity contribution is 5.95. The minimum absolute atomic E-state index is 0.00612. The van der Waals surface area contributed by atoms with E-state index in [4.69, 9.17) is 0 Å². The second-order valence-corrected chi connectivity index (χ2v) is 6.55. The maximum Gasteiger partial charge on any atom is 0.253 e. The molecule has 5 heteroatoms. The summed E-state index contributed by atoms with van der Waals surface area (Å²) in [5.41, 5.74) is 2.66. The number of carbonyl (C=O) groups excluding carboxylic acids is 2. The van der Waals surface area contributed by atoms with Gasteiger partial charge in [0.2, 0.25) is 5.91 Å². The van der Waals surface area contributed by atoms with Crippen molar-refractivity contribution in [1.82, 2.24) is 9.80 Å². The molecular formula is C22H23FN2O2. The van der Waals surface area contributed by atoms with Gasteiger partial charge in [-0.05, 0) is 47.9 Å². The maximum atomic E-state index is 12.9. The molecule has 1 saturated heterocycles. The summed E-state index contributed by atoms with van der Waals surface area (Å²) in [5, 5.41) is 0. The molecular weight excluding hydrogens is 343 g/mol. The fraction of sp³-hybridized carbons (Fsp3) is 0.273. The van der Waals surface area contributed by atoms with Crippen LogP contribution in [0.3, 0.4) is 0 Å². The summed E-state index contributed by atoms with van der Waals surface area (Å²) >= 11 is 0. The number of nitrogens with zero attached hydrogens (tertiary/aromatic N) is 2. The van der Waals surface area contributed by atoms with Crippen molar-refractivity contribution in [2.24, 2.45) is 0 Å². The van der Waals surface area contributed by atoms with E-state index in [-0.39, 0.29) is 17.6 Å². The standard InChI is InChI=1S/C22H23FN2O2/c1-2-17-3-8-19(9-4-17)22(27)25-15-13-24(14-16-25)21(26)12-7-18-5-10-20(23)11-6-18/h3-12H,2,13-16H2,1H3/b12-7+. The molecule has 2 amide bonds. The number of amides is 2. The van der Waals surface area contributed by atoms with Gasteiger partial charge in [0.15, 0.2) is 0 Å². The Hall–Kier alpha value is -2.95. The van der Waals surface area contributed by atoms with E-state index in [1.54, 1.807) is 28.0 Å². The Kier molecular flexibility index (Phi) is 6.01. The average molecular weight is 366 g/mol. The molecule has 0 bridgehead atoms. The Morgan fingerprint density at radius 3 is 2.11 bits per heavy atom. The lowest BCUT2D eigenvalue weighted by molar-refractivity contribution is -0.127. The quantitative estimate of drug-likeness (QED) is 0.779. The van der Waals surface area contributed by atoms with Crippen molar-refractivity contribution in [3.63, 3.8) is 0 Å². The molecule has 4 nitrogen and oxygen atoms in total. The first-order valence-corrected chi connectivity index (χ1v) is 9.17. The lowest BCUT2D eigenvalue weighted by atomic mass is 10.1. The minimum atomic E-state index is -0.302. The van der Waals surface area contributed by atoms with Crippen LogP contribution in [0.4, 0.5) is 4.39 Å². The first kappa shape index (κ1) is 18.8. The minimum Gasteiger partial charge on any atom is -0.336 e. The van der Waals surface area contributed by atoms with Crippen LogP contribution in [-0.2, 0) is 11.2 Å². The van der Waals surface area contributed by atoms with Crippen LogP contribution in [0, 0.1) is 5.82 Å². The molecule has 3 rings (SSSR count). The molecule has 27 heavy (non-hydrogen) atoms. The van der Waals surface area contributed by atoms with Crippen LogP contribution in [0.5, 0.6) is 0 Å². The number of halogens is 1. The van der Waals surface area contributed by atoms with E-state index < -0.39 is 0 Å². The SMILES string of the molecule is CCc1ccc(C(=O)N2CCN(C(=O)/C=C/c3ccc(F)cc3)CC2)cc1. The van der Waals surface area contributed by atoms with Crippen molar-refractivity contribution in [3.8, 4) is 0 Å². The topological polar surface area (TPSA) is 40.6 Å². The van der Waals surface area contributed by atoms with E-state index in [1.165, 1.54) is 23.8 Å². The molecule has 0 spiro atoms. The van der Waals surface area contributed by atoms with Crippen molar-refractivity contribution in [2.75, 3.05) is 26.2 Å². The zero-order valence-corrected chi connectivity index (χ0v) is 15.4. The summed E-state index contributed by atoms with van der Waals surface area (Å²) in [4.78, 5) is 28.4. The van der Waals surface area contributed by atoms with Gasteiger partial charge in [0.1, 0.15) is 5.82 Å². The van der Waals surface area contributed by atoms with Gasteiger partial charge in [0, 0.05) is 37.8 Å². The van der Waals surface area contributed by atoms with Gasteiger partial charge in [0.05, 0.1) is 0 Å². The van der Waals surface area contributed by atoms with Gasteiger partial charge in [-0.1, -0.05) is 31.2 Å². The normalized spacial score (nSPS) is 14.6. The second kappa shape index (κ2) is 8.62. The van der Waals surface area contributed by atoms with Gasteiger partial charge in [-0.25, -0.2) is 4.39 Å². The molecule has 140 valence electrons. The fourth-order valence-electron chi connectivity index (χ4n) is 3.04. The summed E-state index contributed by atoms with van der Waals surface area (Å²) in [6, 6.07) is 13.7. The van der Waals surface area contributed by atoms with E-state index in [0.29, 0.717) is 31.7 Å². The molecule has 0 N–H and O–H groups in total. The van der Waals surface area contributed by atoms with Crippen LogP contribution in [0.2, 0.25) is 0 Å². The van der Waals surface area contributed by atoms with Crippen LogP contribution in [0.25, 0.3) is 6.08 Å². The molecule has 0 saturated carbocycles. The Bertz CT molecular complexity index is 820. The number of rotatable bonds is 4. The molecule has 1 aliphatic heterocycles. The highest BCUT2D eigenvalue weighted by atomic mass is 19.1. The van der Waals surface area contributed by atoms with E-state index in [0.717, 1.165) is 12.0 Å². The fourth-order valence-corrected chi connectivity index (χ4v) is 3.04. The van der Waals surface area contributed by atoms with Gasteiger partial charge in [-0.3, -0.25) is 9.59 Å². The lowest BCUT2D eigenvalue weighted by Crippen LogP contribution is -2.50. The predicted octanol–water partition coefficient (Wildman–Crippen LogP) is 3.39. The zero-order valence-electron chi connectivity index (χ0n) is 15.4. The van der Waals surface area contributed by atoms with Crippen molar-refractivity contribution < 1.29 is 14.0 Å². The van der Waals surface area contributed by atoms with Crippen LogP contribution in [0.1, 0.15) is 28.4 Å². The molecule has 0 unspecified atom stereocenters. The summed E-state index contributed by atoms with van der Waals surface area (Å²) in [7, 11) is 0. The summed E-state index contributed by atoms with van der Waals surface area (Å²) < 4.78 is 12.9. The number of carbonyl (C=O) groups is 2. The van der Waals surface area contributed by atoms with E-state index in [2.05, 4.69) is 6.92 Å². The highest BCUT2D eigenvalue weighted by Crippen LogP contribution is 2.12. The number of hydrogen-bond acceptors (Lipinski definition) is 2. The van der Waals surface area contributed by atoms with Crippen molar-refractivity contribution in [3.05, 3.63) is 77.1 Å². The number of hydrogen-bond donors (Lipinski definition) is 0. The van der Waals surface area contributed by atoms with Gasteiger partial charge >= 0.3 is 0 Å². The number of piperazine rings is 1. The van der Waals surface area contributed by atoms with Gasteiger partial charge < -0.3 is 9.80 Å². The Balaban J connectivity index is 1.53. The third-order valence-electron chi connectivity index (χ3n) is 4.78. The van der Waals surface area contributed by atoms with Gasteiger partial charge in [0.25, 0.3) is 5.91 Å². The number of benzene rings is 2. The van der Waals surface area contributed by atoms with E-state index in [9.17, 15) is 14.0 Å². The van der Waals surface area contributed by atoms with E-state index in [1.807, 2.05) is 24.3 Å². The molecule has 2 aromatic carbocycles. The summed E-state index contributed by atoms with van der Waals surface area (Å²) in [6.07, 6.45) is 4.11. The lowest BCUT2D eigenvalue weighted by Gasteiger charge is -2.34. The van der Waals surface area contributed by atoms with Crippen LogP contribution >= 0.6 is 0 Å². The van der Waals surface area contributed by atoms with Gasteiger partial charge in [-0.2, -0.15) is 0 Å². The molecule has 1 aliphatic rings. The maximum absolute atomic E-state index is 12.9. The average Bonchev–Trinajstić information content (AvgIpc) is 2.73. The molecule has 1 fully saturated rings. The summed E-state index contributed by atoms with van der Waals surface area (Å²) in [5.74, 6) is -0.395. The molecule has 1 heterocycles. The first-order valence-electron chi connectivity index (χ1n) is 9.17. The number of aryl methyl sites for hydroxylation is 1. The smallest absolute Gasteiger partial charge is 0.253 e. The van der Waals surface area contributed by atoms with E-state index >= 15 is 0 Å². The Morgan fingerprint density at radius 2 is 1.52 bits per heavy atom. The third-order valence-corrected chi connectivity index (χ3v) is 4.78. The van der Waals surface area contributed by atoms with Crippen molar-refractivity contribution in [2.45, 2.75) is 13.3 Å². The van der Waals surface area contributed by atoms with Crippen LogP contribution in [-0.4, -0.2) is 47.8 Å². The zero-order chi connectivity index (χ0) is 19.2. The van der Waals surface area contributed by atoms with Crippen molar-refractivity contribution in [1.29, 1.82) is 0 Å². The highest BCUT2D eigenvalue weighted by Gasteiger charge is 2.23. The van der Waals surface area contributed by atoms with Crippen molar-refractivity contribution >= 4 is 17.9 Å². The van der Waals surface area contributed by atoms with Crippen LogP contribution in [0.15, 0.2) is 54.6 Å². The molecule has 2 aromatic rings. The van der Waals surface area contributed by atoms with Crippen LogP contribution < -0.4 is 0 Å². The molecule has 0 aliphatic carbocycles.